The number of methoxy groups -OCH3 is 2. The monoisotopic (exact) mass is 223 g/mol. The SMILES string of the molecule is COc1ccc(OC2CCNC2)cc1OC. The molecular weight excluding hydrogens is 206 g/mol. The van der Waals surface area contributed by atoms with Crippen molar-refractivity contribution in [3.05, 3.63) is 18.2 Å². The summed E-state index contributed by atoms with van der Waals surface area (Å²) < 4.78 is 16.2. The third kappa shape index (κ3) is 2.39. The van der Waals surface area contributed by atoms with Gasteiger partial charge in [-0.1, -0.05) is 0 Å². The minimum Gasteiger partial charge on any atom is -0.493 e. The molecule has 4 heteroatoms. The third-order valence-corrected chi connectivity index (χ3v) is 2.67. The van der Waals surface area contributed by atoms with E-state index in [-0.39, 0.29) is 6.10 Å². The summed E-state index contributed by atoms with van der Waals surface area (Å²) in [7, 11) is 3.25. The van der Waals surface area contributed by atoms with E-state index in [1.54, 1.807) is 14.2 Å². The maximum atomic E-state index is 5.82. The molecule has 0 spiro atoms. The second kappa shape index (κ2) is 5.07. The van der Waals surface area contributed by atoms with Gasteiger partial charge in [0.1, 0.15) is 11.9 Å². The number of benzene rings is 1. The highest BCUT2D eigenvalue weighted by atomic mass is 16.5. The number of rotatable bonds is 4. The Labute approximate surface area is 95.5 Å². The van der Waals surface area contributed by atoms with Crippen LogP contribution in [0, 0.1) is 0 Å². The Morgan fingerprint density at radius 1 is 1.19 bits per heavy atom. The van der Waals surface area contributed by atoms with Gasteiger partial charge in [-0.15, -0.1) is 0 Å². The molecule has 0 saturated carbocycles. The summed E-state index contributed by atoms with van der Waals surface area (Å²) in [5.74, 6) is 2.25. The van der Waals surface area contributed by atoms with Crippen LogP contribution in [0.15, 0.2) is 18.2 Å². The van der Waals surface area contributed by atoms with Gasteiger partial charge in [-0.2, -0.15) is 0 Å². The van der Waals surface area contributed by atoms with Crippen LogP contribution >= 0.6 is 0 Å². The van der Waals surface area contributed by atoms with Crippen LogP contribution in [0.2, 0.25) is 0 Å². The van der Waals surface area contributed by atoms with Crippen LogP contribution < -0.4 is 19.5 Å². The average molecular weight is 223 g/mol. The first-order chi connectivity index (χ1) is 7.83. The van der Waals surface area contributed by atoms with Crippen LogP contribution in [0.1, 0.15) is 6.42 Å². The van der Waals surface area contributed by atoms with E-state index < -0.39 is 0 Å². The zero-order valence-electron chi connectivity index (χ0n) is 9.66. The van der Waals surface area contributed by atoms with Gasteiger partial charge < -0.3 is 19.5 Å². The molecule has 1 aromatic carbocycles. The second-order valence-corrected chi connectivity index (χ2v) is 3.75. The van der Waals surface area contributed by atoms with Crippen molar-refractivity contribution in [2.75, 3.05) is 27.3 Å². The van der Waals surface area contributed by atoms with Gasteiger partial charge >= 0.3 is 0 Å². The molecule has 1 aromatic rings. The Hall–Kier alpha value is -1.42. The van der Waals surface area contributed by atoms with Crippen molar-refractivity contribution < 1.29 is 14.2 Å². The van der Waals surface area contributed by atoms with Crippen LogP contribution in [0.25, 0.3) is 0 Å². The molecule has 1 heterocycles. The minimum atomic E-state index is 0.262. The zero-order chi connectivity index (χ0) is 11.4. The Morgan fingerprint density at radius 2 is 2.00 bits per heavy atom. The minimum absolute atomic E-state index is 0.262. The summed E-state index contributed by atoms with van der Waals surface area (Å²) in [5, 5.41) is 3.26. The molecular formula is C12H17NO3. The van der Waals surface area contributed by atoms with E-state index in [4.69, 9.17) is 14.2 Å². The van der Waals surface area contributed by atoms with Gasteiger partial charge in [-0.05, 0) is 25.1 Å². The zero-order valence-corrected chi connectivity index (χ0v) is 9.66. The maximum Gasteiger partial charge on any atom is 0.164 e. The molecule has 1 atom stereocenters. The predicted molar refractivity (Wildman–Crippen MR) is 61.4 cm³/mol. The van der Waals surface area contributed by atoms with Gasteiger partial charge in [0.25, 0.3) is 0 Å². The van der Waals surface area contributed by atoms with Gasteiger partial charge in [0, 0.05) is 12.6 Å². The highest BCUT2D eigenvalue weighted by Crippen LogP contribution is 2.31. The molecule has 0 aliphatic carbocycles. The summed E-state index contributed by atoms with van der Waals surface area (Å²) in [6.07, 6.45) is 1.31. The Morgan fingerprint density at radius 3 is 2.62 bits per heavy atom. The molecule has 0 amide bonds. The lowest BCUT2D eigenvalue weighted by molar-refractivity contribution is 0.221. The van der Waals surface area contributed by atoms with E-state index in [2.05, 4.69) is 5.32 Å². The highest BCUT2D eigenvalue weighted by molar-refractivity contribution is 5.45. The summed E-state index contributed by atoms with van der Waals surface area (Å²) in [4.78, 5) is 0. The molecule has 0 aromatic heterocycles. The van der Waals surface area contributed by atoms with Crippen molar-refractivity contribution in [1.82, 2.24) is 5.32 Å². The quantitative estimate of drug-likeness (QED) is 0.838. The van der Waals surface area contributed by atoms with E-state index >= 15 is 0 Å². The van der Waals surface area contributed by atoms with E-state index in [9.17, 15) is 0 Å². The standard InChI is InChI=1S/C12H17NO3/c1-14-11-4-3-9(7-12(11)15-2)16-10-5-6-13-8-10/h3-4,7,10,13H,5-6,8H2,1-2H3. The van der Waals surface area contributed by atoms with Crippen LogP contribution in [0.4, 0.5) is 0 Å². The average Bonchev–Trinajstić information content (AvgIpc) is 2.81. The lowest BCUT2D eigenvalue weighted by Gasteiger charge is -2.14. The highest BCUT2D eigenvalue weighted by Gasteiger charge is 2.16. The largest absolute Gasteiger partial charge is 0.493 e. The fraction of sp³-hybridized carbons (Fsp3) is 0.500. The molecule has 1 unspecified atom stereocenters. The van der Waals surface area contributed by atoms with E-state index in [1.807, 2.05) is 18.2 Å². The molecule has 1 aliphatic rings. The molecule has 0 radical (unpaired) electrons. The number of hydrogen-bond donors (Lipinski definition) is 1. The van der Waals surface area contributed by atoms with E-state index in [0.717, 1.165) is 31.0 Å². The lowest BCUT2D eigenvalue weighted by Crippen LogP contribution is -2.19. The molecule has 2 rings (SSSR count). The topological polar surface area (TPSA) is 39.7 Å². The number of ether oxygens (including phenoxy) is 3. The summed E-state index contributed by atoms with van der Waals surface area (Å²) in [5.41, 5.74) is 0. The van der Waals surface area contributed by atoms with Gasteiger partial charge in [-0.25, -0.2) is 0 Å². The van der Waals surface area contributed by atoms with Crippen molar-refractivity contribution in [1.29, 1.82) is 0 Å². The molecule has 1 fully saturated rings. The molecule has 1 N–H and O–H groups in total. The summed E-state index contributed by atoms with van der Waals surface area (Å²) >= 11 is 0. The smallest absolute Gasteiger partial charge is 0.164 e. The van der Waals surface area contributed by atoms with E-state index in [1.165, 1.54) is 0 Å². The molecule has 1 saturated heterocycles. The van der Waals surface area contributed by atoms with Crippen molar-refractivity contribution in [3.63, 3.8) is 0 Å². The van der Waals surface area contributed by atoms with Crippen LogP contribution in [-0.4, -0.2) is 33.4 Å². The molecule has 1 aliphatic heterocycles. The first-order valence-corrected chi connectivity index (χ1v) is 5.43. The molecule has 88 valence electrons. The molecule has 4 nitrogen and oxygen atoms in total. The first kappa shape index (κ1) is 11.1. The summed E-state index contributed by atoms with van der Waals surface area (Å²) in [6.45, 7) is 1.94. The first-order valence-electron chi connectivity index (χ1n) is 5.43. The molecule has 16 heavy (non-hydrogen) atoms. The lowest BCUT2D eigenvalue weighted by atomic mass is 10.2. The van der Waals surface area contributed by atoms with Crippen molar-refractivity contribution >= 4 is 0 Å². The second-order valence-electron chi connectivity index (χ2n) is 3.75. The van der Waals surface area contributed by atoms with Crippen molar-refractivity contribution in [3.8, 4) is 17.2 Å². The Balaban J connectivity index is 2.09. The van der Waals surface area contributed by atoms with Crippen LogP contribution in [0.3, 0.4) is 0 Å². The van der Waals surface area contributed by atoms with E-state index in [0.29, 0.717) is 5.75 Å². The Bertz CT molecular complexity index is 348. The van der Waals surface area contributed by atoms with Gasteiger partial charge in [-0.3, -0.25) is 0 Å². The fourth-order valence-corrected chi connectivity index (χ4v) is 1.81. The fourth-order valence-electron chi connectivity index (χ4n) is 1.81. The third-order valence-electron chi connectivity index (χ3n) is 2.67. The number of hydrogen-bond acceptors (Lipinski definition) is 4. The van der Waals surface area contributed by atoms with Gasteiger partial charge in [0.15, 0.2) is 11.5 Å². The van der Waals surface area contributed by atoms with Gasteiger partial charge in [0.05, 0.1) is 14.2 Å². The normalized spacial score (nSPS) is 19.5. The van der Waals surface area contributed by atoms with Crippen LogP contribution in [-0.2, 0) is 0 Å². The van der Waals surface area contributed by atoms with Gasteiger partial charge in [0.2, 0.25) is 0 Å². The van der Waals surface area contributed by atoms with Crippen LogP contribution in [0.5, 0.6) is 17.2 Å². The summed E-state index contributed by atoms with van der Waals surface area (Å²) in [6, 6.07) is 5.62. The van der Waals surface area contributed by atoms with Crippen molar-refractivity contribution in [2.45, 2.75) is 12.5 Å². The molecule has 0 bridgehead atoms. The Kier molecular flexibility index (Phi) is 3.51. The number of nitrogens with one attached hydrogen (secondary N) is 1. The maximum absolute atomic E-state index is 5.82. The van der Waals surface area contributed by atoms with Crippen molar-refractivity contribution in [2.24, 2.45) is 0 Å². The predicted octanol–water partition coefficient (Wildman–Crippen LogP) is 1.44.